The smallest absolute Gasteiger partial charge is 0.239 e. The normalized spacial score (nSPS) is 10.8. The minimum absolute atomic E-state index is 0.0202. The van der Waals surface area contributed by atoms with E-state index in [9.17, 15) is 4.79 Å². The van der Waals surface area contributed by atoms with E-state index < -0.39 is 0 Å². The first-order chi connectivity index (χ1) is 15.7. The highest BCUT2D eigenvalue weighted by atomic mass is 32.2. The van der Waals surface area contributed by atoms with Crippen LogP contribution in [0, 0.1) is 0 Å². The number of benzene rings is 3. The molecule has 0 atom stereocenters. The van der Waals surface area contributed by atoms with E-state index in [1.54, 1.807) is 30.9 Å². The number of carbonyl (C=O) groups is 1. The zero-order valence-electron chi connectivity index (χ0n) is 18.0. The second-order valence-electron chi connectivity index (χ2n) is 7.09. The molecule has 0 saturated heterocycles. The van der Waals surface area contributed by atoms with Gasteiger partial charge in [-0.3, -0.25) is 9.69 Å². The lowest BCUT2D eigenvalue weighted by atomic mass is 10.2. The lowest BCUT2D eigenvalue weighted by molar-refractivity contribution is -0.116. The summed E-state index contributed by atoms with van der Waals surface area (Å²) >= 11 is 3.05. The van der Waals surface area contributed by atoms with Gasteiger partial charge >= 0.3 is 0 Å². The Balaban J connectivity index is 1.62. The van der Waals surface area contributed by atoms with Gasteiger partial charge in [-0.2, -0.15) is 0 Å². The summed E-state index contributed by atoms with van der Waals surface area (Å²) in [6, 6.07) is 23.8. The van der Waals surface area contributed by atoms with Crippen molar-refractivity contribution in [3.05, 3.63) is 83.9 Å². The zero-order valence-corrected chi connectivity index (χ0v) is 19.6. The summed E-state index contributed by atoms with van der Waals surface area (Å²) in [6.45, 7) is 0.454. The molecule has 164 valence electrons. The number of carbonyl (C=O) groups excluding carboxylic acids is 1. The second-order valence-corrected chi connectivity index (χ2v) is 9.05. The number of thioether (sulfide) groups is 1. The van der Waals surface area contributed by atoms with Crippen LogP contribution < -0.4 is 14.4 Å². The van der Waals surface area contributed by atoms with Gasteiger partial charge in [-0.05, 0) is 23.3 Å². The fourth-order valence-electron chi connectivity index (χ4n) is 3.33. The summed E-state index contributed by atoms with van der Waals surface area (Å²) in [5.41, 5.74) is 2.95. The summed E-state index contributed by atoms with van der Waals surface area (Å²) in [6.07, 6.45) is 0. The molecule has 0 spiro atoms. The van der Waals surface area contributed by atoms with Gasteiger partial charge < -0.3 is 9.47 Å². The van der Waals surface area contributed by atoms with Crippen LogP contribution in [0.2, 0.25) is 0 Å². The first-order valence-electron chi connectivity index (χ1n) is 10.2. The molecule has 5 nitrogen and oxygen atoms in total. The number of ether oxygens (including phenoxy) is 2. The van der Waals surface area contributed by atoms with E-state index in [2.05, 4.69) is 12.1 Å². The number of hydrogen-bond acceptors (Lipinski definition) is 6. The van der Waals surface area contributed by atoms with Crippen LogP contribution in [0.15, 0.2) is 72.8 Å². The number of fused-ring (bicyclic) bond motifs is 1. The maximum Gasteiger partial charge on any atom is 0.239 e. The van der Waals surface area contributed by atoms with Gasteiger partial charge in [0, 0.05) is 5.75 Å². The van der Waals surface area contributed by atoms with Crippen molar-refractivity contribution in [1.82, 2.24) is 4.98 Å². The third kappa shape index (κ3) is 5.06. The molecular weight excluding hydrogens is 440 g/mol. The highest BCUT2D eigenvalue weighted by Gasteiger charge is 2.23. The van der Waals surface area contributed by atoms with E-state index in [-0.39, 0.29) is 5.91 Å². The third-order valence-corrected chi connectivity index (χ3v) is 7.03. The molecule has 1 aromatic heterocycles. The lowest BCUT2D eigenvalue weighted by Crippen LogP contribution is -2.31. The molecule has 0 aliphatic heterocycles. The Morgan fingerprint density at radius 2 is 1.53 bits per heavy atom. The topological polar surface area (TPSA) is 51.7 Å². The van der Waals surface area contributed by atoms with Crippen LogP contribution in [0.3, 0.4) is 0 Å². The summed E-state index contributed by atoms with van der Waals surface area (Å²) < 4.78 is 11.9. The minimum atomic E-state index is 0.0202. The summed E-state index contributed by atoms with van der Waals surface area (Å²) in [4.78, 5) is 19.9. The minimum Gasteiger partial charge on any atom is -0.495 e. The SMILES string of the molecule is COc1ccc(OC)c2sc(N(Cc3ccccc3)C(=O)CSCc3ccccc3)nc12. The molecule has 3 aromatic carbocycles. The van der Waals surface area contributed by atoms with Crippen LogP contribution in [-0.4, -0.2) is 30.9 Å². The van der Waals surface area contributed by atoms with Crippen LogP contribution in [0.5, 0.6) is 11.5 Å². The molecule has 0 fully saturated rings. The molecule has 1 heterocycles. The number of thiazole rings is 1. The average molecular weight is 465 g/mol. The second kappa shape index (κ2) is 10.5. The van der Waals surface area contributed by atoms with Crippen molar-refractivity contribution in [3.63, 3.8) is 0 Å². The maximum absolute atomic E-state index is 13.3. The van der Waals surface area contributed by atoms with E-state index in [0.29, 0.717) is 28.7 Å². The summed E-state index contributed by atoms with van der Waals surface area (Å²) in [7, 11) is 3.25. The molecule has 0 bridgehead atoms. The van der Waals surface area contributed by atoms with Gasteiger partial charge in [-0.1, -0.05) is 72.0 Å². The number of nitrogens with zero attached hydrogens (tertiary/aromatic N) is 2. The van der Waals surface area contributed by atoms with Gasteiger partial charge in [-0.15, -0.1) is 11.8 Å². The fraction of sp³-hybridized carbons (Fsp3) is 0.200. The van der Waals surface area contributed by atoms with Gasteiger partial charge in [0.05, 0.1) is 26.5 Å². The molecule has 0 aliphatic carbocycles. The Morgan fingerprint density at radius 1 is 0.906 bits per heavy atom. The first kappa shape index (κ1) is 22.2. The van der Waals surface area contributed by atoms with Crippen LogP contribution in [-0.2, 0) is 17.1 Å². The standard InChI is InChI=1S/C25H24N2O3S2/c1-29-20-13-14-21(30-2)24-23(20)26-25(32-24)27(15-18-9-5-3-6-10-18)22(28)17-31-16-19-11-7-4-8-12-19/h3-14H,15-17H2,1-2H3. The van der Waals surface area contributed by atoms with E-state index in [4.69, 9.17) is 14.5 Å². The van der Waals surface area contributed by atoms with Gasteiger partial charge in [0.1, 0.15) is 21.7 Å². The largest absolute Gasteiger partial charge is 0.495 e. The monoisotopic (exact) mass is 464 g/mol. The summed E-state index contributed by atoms with van der Waals surface area (Å²) in [5.74, 6) is 2.55. The van der Waals surface area contributed by atoms with Gasteiger partial charge in [0.15, 0.2) is 5.13 Å². The van der Waals surface area contributed by atoms with E-state index in [0.717, 1.165) is 21.8 Å². The molecule has 4 rings (SSSR count). The van der Waals surface area contributed by atoms with Crippen molar-refractivity contribution in [3.8, 4) is 11.5 Å². The van der Waals surface area contributed by atoms with Crippen molar-refractivity contribution in [2.75, 3.05) is 24.9 Å². The fourth-order valence-corrected chi connectivity index (χ4v) is 5.28. The third-order valence-electron chi connectivity index (χ3n) is 4.95. The van der Waals surface area contributed by atoms with Crippen LogP contribution in [0.4, 0.5) is 5.13 Å². The predicted octanol–water partition coefficient (Wildman–Crippen LogP) is 5.78. The molecule has 7 heteroatoms. The van der Waals surface area contributed by atoms with Crippen LogP contribution >= 0.6 is 23.1 Å². The Hall–Kier alpha value is -3.03. The van der Waals surface area contributed by atoms with Crippen LogP contribution in [0.25, 0.3) is 10.2 Å². The number of methoxy groups -OCH3 is 2. The molecule has 32 heavy (non-hydrogen) atoms. The van der Waals surface area contributed by atoms with Crippen molar-refractivity contribution < 1.29 is 14.3 Å². The molecule has 4 aromatic rings. The average Bonchev–Trinajstić information content (AvgIpc) is 3.28. The zero-order chi connectivity index (χ0) is 22.3. The van der Waals surface area contributed by atoms with Crippen molar-refractivity contribution in [1.29, 1.82) is 0 Å². The number of hydrogen-bond donors (Lipinski definition) is 0. The van der Waals surface area contributed by atoms with Crippen molar-refractivity contribution >= 4 is 44.4 Å². The number of amides is 1. The van der Waals surface area contributed by atoms with E-state index in [1.807, 2.05) is 60.7 Å². The first-order valence-corrected chi connectivity index (χ1v) is 12.1. The van der Waals surface area contributed by atoms with Gasteiger partial charge in [-0.25, -0.2) is 4.98 Å². The Kier molecular flexibility index (Phi) is 7.29. The molecule has 0 aliphatic rings. The highest BCUT2D eigenvalue weighted by Crippen LogP contribution is 2.40. The molecular formula is C25H24N2O3S2. The molecule has 0 radical (unpaired) electrons. The van der Waals surface area contributed by atoms with E-state index >= 15 is 0 Å². The lowest BCUT2D eigenvalue weighted by Gasteiger charge is -2.20. The highest BCUT2D eigenvalue weighted by molar-refractivity contribution is 7.99. The summed E-state index contributed by atoms with van der Waals surface area (Å²) in [5, 5.41) is 0.636. The van der Waals surface area contributed by atoms with Gasteiger partial charge in [0.2, 0.25) is 5.91 Å². The molecule has 0 saturated carbocycles. The molecule has 0 N–H and O–H groups in total. The Labute approximate surface area is 196 Å². The molecule has 1 amide bonds. The number of rotatable bonds is 9. The maximum atomic E-state index is 13.3. The van der Waals surface area contributed by atoms with Crippen molar-refractivity contribution in [2.24, 2.45) is 0 Å². The van der Waals surface area contributed by atoms with Gasteiger partial charge in [0.25, 0.3) is 0 Å². The Morgan fingerprint density at radius 3 is 2.19 bits per heavy atom. The molecule has 0 unspecified atom stereocenters. The van der Waals surface area contributed by atoms with Crippen molar-refractivity contribution in [2.45, 2.75) is 12.3 Å². The Bertz CT molecular complexity index is 1140. The van der Waals surface area contributed by atoms with Crippen LogP contribution in [0.1, 0.15) is 11.1 Å². The quantitative estimate of drug-likeness (QED) is 0.314. The predicted molar refractivity (Wildman–Crippen MR) is 133 cm³/mol. The van der Waals surface area contributed by atoms with E-state index in [1.165, 1.54) is 16.9 Å². The number of anilines is 1. The number of aromatic nitrogens is 1.